The Morgan fingerprint density at radius 1 is 0.945 bits per heavy atom. The number of halogens is 8. The van der Waals surface area contributed by atoms with E-state index in [0.717, 1.165) is 23.9 Å². The molecule has 1 fully saturated rings. The highest BCUT2D eigenvalue weighted by atomic mass is 32.1. The molecule has 8 N–H and O–H groups in total. The number of carbonyl (C=O) groups excluding carboxylic acids is 2. The molecule has 55 heavy (non-hydrogen) atoms. The fourth-order valence-corrected chi connectivity index (χ4v) is 6.54. The minimum Gasteiger partial charge on any atom is -0.509 e. The SMILES string of the molecule is CN1N(Cc2ccc(OCCCCCS)c(F)c2F)C(=O)C(C(=O)Nc2ccc(C(F)(F)F)cc2-c2cc(C(F)(F)F)ncn2)=C(O)C12CCCC2.O.O.O. The van der Waals surface area contributed by atoms with Gasteiger partial charge < -0.3 is 31.6 Å². The number of carbonyl (C=O) groups is 2. The molecule has 2 heterocycles. The summed E-state index contributed by atoms with van der Waals surface area (Å²) in [6, 6.07) is 4.62. The van der Waals surface area contributed by atoms with Gasteiger partial charge in [0.05, 0.1) is 35.6 Å². The summed E-state index contributed by atoms with van der Waals surface area (Å²) in [7, 11) is 1.44. The Hall–Kier alpha value is -4.57. The number of likely N-dealkylation sites (N-methyl/N-ethyl adjacent to an activating group) is 1. The van der Waals surface area contributed by atoms with E-state index in [0.29, 0.717) is 49.5 Å². The Labute approximate surface area is 314 Å². The van der Waals surface area contributed by atoms with E-state index in [1.54, 1.807) is 0 Å². The van der Waals surface area contributed by atoms with Gasteiger partial charge in [0.25, 0.3) is 11.8 Å². The molecule has 0 atom stereocenters. The molecule has 0 radical (unpaired) electrons. The summed E-state index contributed by atoms with van der Waals surface area (Å²) in [5, 5.41) is 16.1. The van der Waals surface area contributed by atoms with Gasteiger partial charge in [-0.1, -0.05) is 18.9 Å². The Balaban J connectivity index is 0.00000348. The molecule has 304 valence electrons. The van der Waals surface area contributed by atoms with E-state index in [-0.39, 0.29) is 47.2 Å². The fraction of sp³-hybridized carbons (Fsp3) is 0.412. The molecule has 21 heteroatoms. The molecule has 2 aliphatic rings. The lowest BCUT2D eigenvalue weighted by Crippen LogP contribution is -2.62. The monoisotopic (exact) mass is 813 g/mol. The van der Waals surface area contributed by atoms with Crippen LogP contribution < -0.4 is 10.1 Å². The average molecular weight is 814 g/mol. The minimum atomic E-state index is -4.99. The van der Waals surface area contributed by atoms with Gasteiger partial charge in [0.2, 0.25) is 5.82 Å². The first-order valence-electron chi connectivity index (χ1n) is 16.1. The highest BCUT2D eigenvalue weighted by Crippen LogP contribution is 2.45. The van der Waals surface area contributed by atoms with Crippen molar-refractivity contribution in [1.29, 1.82) is 0 Å². The van der Waals surface area contributed by atoms with Crippen LogP contribution in [0, 0.1) is 11.6 Å². The van der Waals surface area contributed by atoms with Crippen molar-refractivity contribution < 1.29 is 71.0 Å². The van der Waals surface area contributed by atoms with Crippen LogP contribution in [-0.2, 0) is 28.5 Å². The quantitative estimate of drug-likeness (QED) is 0.0993. The third kappa shape index (κ3) is 9.63. The van der Waals surface area contributed by atoms with Gasteiger partial charge >= 0.3 is 12.4 Å². The minimum absolute atomic E-state index is 0. The maximum absolute atomic E-state index is 15.4. The van der Waals surface area contributed by atoms with Gasteiger partial charge in [-0.25, -0.2) is 19.4 Å². The number of ether oxygens (including phenoxy) is 1. The number of alkyl halides is 6. The second kappa shape index (κ2) is 18.4. The Morgan fingerprint density at radius 2 is 1.62 bits per heavy atom. The molecule has 1 aliphatic heterocycles. The number of benzene rings is 2. The van der Waals surface area contributed by atoms with E-state index < -0.39 is 87.4 Å². The second-order valence-electron chi connectivity index (χ2n) is 12.3. The van der Waals surface area contributed by atoms with Crippen molar-refractivity contribution in [2.24, 2.45) is 0 Å². The van der Waals surface area contributed by atoms with E-state index in [1.165, 1.54) is 24.2 Å². The number of aliphatic hydroxyl groups excluding tert-OH is 1. The number of aromatic nitrogens is 2. The Morgan fingerprint density at radius 3 is 2.24 bits per heavy atom. The molecule has 1 aliphatic carbocycles. The smallest absolute Gasteiger partial charge is 0.433 e. The molecular weight excluding hydrogens is 774 g/mol. The molecule has 2 amide bonds. The zero-order valence-corrected chi connectivity index (χ0v) is 29.9. The van der Waals surface area contributed by atoms with E-state index in [4.69, 9.17) is 4.74 Å². The predicted octanol–water partition coefficient (Wildman–Crippen LogP) is 5.42. The van der Waals surface area contributed by atoms with E-state index in [1.807, 2.05) is 0 Å². The van der Waals surface area contributed by atoms with Gasteiger partial charge in [-0.3, -0.25) is 14.6 Å². The maximum Gasteiger partial charge on any atom is 0.433 e. The summed E-state index contributed by atoms with van der Waals surface area (Å²) >= 11 is 4.12. The molecule has 1 saturated carbocycles. The molecule has 1 aromatic heterocycles. The molecule has 0 saturated heterocycles. The summed E-state index contributed by atoms with van der Waals surface area (Å²) in [5.41, 5.74) is -6.92. The topological polar surface area (TPSA) is 202 Å². The lowest BCUT2D eigenvalue weighted by Gasteiger charge is -2.48. The van der Waals surface area contributed by atoms with Crippen molar-refractivity contribution in [3.8, 4) is 17.0 Å². The van der Waals surface area contributed by atoms with E-state index >= 15 is 8.78 Å². The summed E-state index contributed by atoms with van der Waals surface area (Å²) in [5.74, 6) is -5.40. The average Bonchev–Trinajstić information content (AvgIpc) is 3.59. The van der Waals surface area contributed by atoms with Crippen LogP contribution in [0.3, 0.4) is 0 Å². The van der Waals surface area contributed by atoms with Crippen LogP contribution in [0.15, 0.2) is 54.1 Å². The molecular formula is C34H39F8N5O7S. The summed E-state index contributed by atoms with van der Waals surface area (Å²) < 4.78 is 117. The summed E-state index contributed by atoms with van der Waals surface area (Å²) in [4.78, 5) is 34.6. The number of rotatable bonds is 11. The van der Waals surface area contributed by atoms with Gasteiger partial charge in [-0.2, -0.15) is 43.4 Å². The zero-order chi connectivity index (χ0) is 38.0. The first kappa shape index (κ1) is 46.6. The van der Waals surface area contributed by atoms with Crippen molar-refractivity contribution >= 4 is 30.1 Å². The predicted molar refractivity (Wildman–Crippen MR) is 186 cm³/mol. The Bertz CT molecular complexity index is 1870. The number of amides is 2. The van der Waals surface area contributed by atoms with Gasteiger partial charge in [0, 0.05) is 18.2 Å². The number of aliphatic hydroxyl groups is 1. The molecule has 0 unspecified atom stereocenters. The summed E-state index contributed by atoms with van der Waals surface area (Å²) in [6.07, 6.45) is -5.69. The lowest BCUT2D eigenvalue weighted by atomic mass is 9.88. The number of unbranched alkanes of at least 4 members (excludes halogenated alkanes) is 2. The molecule has 2 aromatic carbocycles. The van der Waals surface area contributed by atoms with Gasteiger partial charge in [-0.15, -0.1) is 0 Å². The molecule has 0 bridgehead atoms. The molecule has 3 aromatic rings. The largest absolute Gasteiger partial charge is 0.509 e. The number of thiol groups is 1. The van der Waals surface area contributed by atoms with Crippen LogP contribution in [0.4, 0.5) is 40.8 Å². The standard InChI is InChI=1S/C34H33F8N5O4S.3H2O/c1-46-32(11-3-4-12-32)29(48)26(31(50)47(46)17-19-7-10-24(28(36)27(19)35)51-13-5-2-6-14-52)30(49)45-22-9-8-20(33(37,38)39)15-21(22)23-16-25(34(40,41)42)44-18-43-23;;;/h7-10,15-16,18,48,52H,2-6,11-14,17H2,1H3,(H,45,49);3*1H2. The number of nitrogens with zero attached hydrogens (tertiary/aromatic N) is 4. The molecule has 5 rings (SSSR count). The first-order chi connectivity index (χ1) is 24.5. The van der Waals surface area contributed by atoms with Gasteiger partial charge in [0.15, 0.2) is 11.6 Å². The normalized spacial score (nSPS) is 15.7. The maximum atomic E-state index is 15.4. The molecule has 1 spiro atoms. The number of hydrogen-bond acceptors (Lipinski definition) is 8. The highest BCUT2D eigenvalue weighted by Gasteiger charge is 2.53. The second-order valence-corrected chi connectivity index (χ2v) is 12.8. The van der Waals surface area contributed by atoms with Crippen LogP contribution in [0.5, 0.6) is 5.75 Å². The lowest BCUT2D eigenvalue weighted by molar-refractivity contribution is -0.163. The third-order valence-electron chi connectivity index (χ3n) is 9.10. The van der Waals surface area contributed by atoms with Crippen molar-refractivity contribution in [3.63, 3.8) is 0 Å². The highest BCUT2D eigenvalue weighted by molar-refractivity contribution is 7.80. The number of hydrogen-bond donors (Lipinski definition) is 3. The van der Waals surface area contributed by atoms with Gasteiger partial charge in [0.1, 0.15) is 23.4 Å². The van der Waals surface area contributed by atoms with Crippen LogP contribution in [0.2, 0.25) is 0 Å². The van der Waals surface area contributed by atoms with E-state index in [2.05, 4.69) is 27.9 Å². The first-order valence-corrected chi connectivity index (χ1v) is 16.7. The third-order valence-corrected chi connectivity index (χ3v) is 9.42. The van der Waals surface area contributed by atoms with Crippen molar-refractivity contribution in [3.05, 3.63) is 82.5 Å². The van der Waals surface area contributed by atoms with Gasteiger partial charge in [-0.05, 0) is 68.2 Å². The Kier molecular flexibility index (Phi) is 15.6. The fourth-order valence-electron chi connectivity index (χ4n) is 6.31. The number of hydrazine groups is 1. The van der Waals surface area contributed by atoms with Crippen LogP contribution in [0.25, 0.3) is 11.3 Å². The van der Waals surface area contributed by atoms with Crippen molar-refractivity contribution in [2.75, 3.05) is 24.7 Å². The van der Waals surface area contributed by atoms with Crippen LogP contribution in [0.1, 0.15) is 61.8 Å². The van der Waals surface area contributed by atoms with E-state index in [9.17, 15) is 41.0 Å². The molecule has 12 nitrogen and oxygen atoms in total. The van der Waals surface area contributed by atoms with Crippen LogP contribution in [-0.4, -0.2) is 78.3 Å². The zero-order valence-electron chi connectivity index (χ0n) is 29.0. The number of nitrogens with one attached hydrogen (secondary N) is 1. The number of anilines is 1. The van der Waals surface area contributed by atoms with Crippen molar-refractivity contribution in [2.45, 2.75) is 69.4 Å². The van der Waals surface area contributed by atoms with Crippen LogP contribution >= 0.6 is 12.6 Å². The van der Waals surface area contributed by atoms with Crippen molar-refractivity contribution in [1.82, 2.24) is 20.0 Å². The summed E-state index contributed by atoms with van der Waals surface area (Å²) in [6.45, 7) is -0.470.